The lowest BCUT2D eigenvalue weighted by Crippen LogP contribution is -2.52. The lowest BCUT2D eigenvalue weighted by atomic mass is 9.50. The highest BCUT2D eigenvalue weighted by Gasteiger charge is 2.75. The van der Waals surface area contributed by atoms with Crippen LogP contribution < -0.4 is 0 Å². The molecule has 0 heterocycles. The van der Waals surface area contributed by atoms with Crippen molar-refractivity contribution in [2.75, 3.05) is 0 Å². The van der Waals surface area contributed by atoms with E-state index in [1.807, 2.05) is 0 Å². The summed E-state index contributed by atoms with van der Waals surface area (Å²) in [6.07, 6.45) is 7.98. The highest BCUT2D eigenvalue weighted by molar-refractivity contribution is 5.90. The molecule has 3 saturated carbocycles. The molecule has 0 spiro atoms. The Morgan fingerprint density at radius 1 is 0.923 bits per heavy atom. The molecular weight excluding hydrogens is 336 g/mol. The zero-order chi connectivity index (χ0) is 19.3. The molecule has 0 aromatic rings. The average Bonchev–Trinajstić information content (AvgIpc) is 3.22. The van der Waals surface area contributed by atoms with Gasteiger partial charge in [0.1, 0.15) is 12.6 Å². The topological polar surface area (TPSA) is 109 Å². The fraction of sp³-hybridized carbons (Fsp3) is 0.600. The maximum Gasteiger partial charge on any atom is 0.330 e. The number of hydrogen-bond acceptors (Lipinski definition) is 4. The number of carbonyl (C=O) groups excluding carboxylic acids is 2. The third kappa shape index (κ3) is 2.10. The monoisotopic (exact) mass is 360 g/mol. The molecule has 0 amide bonds. The van der Waals surface area contributed by atoms with E-state index in [1.54, 1.807) is 12.2 Å². The second-order valence-electron chi connectivity index (χ2n) is 8.21. The highest BCUT2D eigenvalue weighted by atomic mass is 16.4. The molecule has 3 aliphatic carbocycles. The van der Waals surface area contributed by atoms with Crippen molar-refractivity contribution < 1.29 is 29.4 Å². The van der Waals surface area contributed by atoms with Gasteiger partial charge in [0.2, 0.25) is 0 Å². The lowest BCUT2D eigenvalue weighted by Gasteiger charge is -2.51. The predicted molar refractivity (Wildman–Crippen MR) is 92.3 cm³/mol. The largest absolute Gasteiger partial charge is 0.478 e. The summed E-state index contributed by atoms with van der Waals surface area (Å²) in [6, 6.07) is 0. The zero-order valence-electron chi connectivity index (χ0n) is 15.0. The summed E-state index contributed by atoms with van der Waals surface area (Å²) in [5, 5.41) is 18.8. The van der Waals surface area contributed by atoms with Crippen molar-refractivity contribution in [3.63, 3.8) is 0 Å². The second-order valence-corrected chi connectivity index (χ2v) is 8.21. The Morgan fingerprint density at radius 2 is 1.50 bits per heavy atom. The second kappa shape index (κ2) is 5.89. The van der Waals surface area contributed by atoms with Crippen molar-refractivity contribution >= 4 is 24.5 Å². The van der Waals surface area contributed by atoms with E-state index in [2.05, 4.69) is 0 Å². The third-order valence-corrected chi connectivity index (χ3v) is 7.24. The molecule has 4 atom stereocenters. The average molecular weight is 360 g/mol. The number of fused-ring (bicyclic) bond motifs is 5. The number of carbonyl (C=O) groups is 4. The Bertz CT molecular complexity index is 739. The molecular formula is C20H24O6. The molecule has 2 bridgehead atoms. The minimum atomic E-state index is -1.31. The van der Waals surface area contributed by atoms with Crippen molar-refractivity contribution in [1.82, 2.24) is 0 Å². The minimum Gasteiger partial charge on any atom is -0.478 e. The summed E-state index contributed by atoms with van der Waals surface area (Å²) in [5.41, 5.74) is -2.69. The van der Waals surface area contributed by atoms with Gasteiger partial charge in [0.25, 0.3) is 0 Å². The van der Waals surface area contributed by atoms with Crippen LogP contribution in [0.3, 0.4) is 0 Å². The molecule has 0 aliphatic heterocycles. The van der Waals surface area contributed by atoms with Crippen LogP contribution in [0, 0.1) is 28.1 Å². The van der Waals surface area contributed by atoms with E-state index in [0.717, 1.165) is 6.42 Å². The van der Waals surface area contributed by atoms with Crippen molar-refractivity contribution in [2.45, 2.75) is 46.0 Å². The number of allylic oxidation sites excluding steroid dienone is 2. The molecule has 3 fully saturated rings. The van der Waals surface area contributed by atoms with Crippen LogP contribution in [0.5, 0.6) is 0 Å². The standard InChI is InChI=1S/C20H24O6/c1-12(16(23)24)7-18-5-3-14(9-18)15-4-6-19(10-21,11-22)20(15,18)8-13(2)17(25)26/h7-8,10-11,14-15H,3-6,9H2,1-2H3,(H,23,24)(H,25,26). The van der Waals surface area contributed by atoms with Crippen LogP contribution in [0.2, 0.25) is 0 Å². The van der Waals surface area contributed by atoms with E-state index in [4.69, 9.17) is 0 Å². The summed E-state index contributed by atoms with van der Waals surface area (Å²) in [4.78, 5) is 47.3. The van der Waals surface area contributed by atoms with Gasteiger partial charge in [0.15, 0.2) is 0 Å². The first-order chi connectivity index (χ1) is 12.2. The van der Waals surface area contributed by atoms with E-state index in [9.17, 15) is 29.4 Å². The van der Waals surface area contributed by atoms with Gasteiger partial charge in [0.05, 0.1) is 5.41 Å². The number of aldehydes is 2. The van der Waals surface area contributed by atoms with Crippen LogP contribution >= 0.6 is 0 Å². The van der Waals surface area contributed by atoms with Gasteiger partial charge >= 0.3 is 11.9 Å². The fourth-order valence-electron chi connectivity index (χ4n) is 6.30. The number of aliphatic carboxylic acids is 2. The van der Waals surface area contributed by atoms with Gasteiger partial charge < -0.3 is 19.8 Å². The van der Waals surface area contributed by atoms with Crippen LogP contribution in [-0.4, -0.2) is 34.7 Å². The highest BCUT2D eigenvalue weighted by Crippen LogP contribution is 2.78. The van der Waals surface area contributed by atoms with Crippen LogP contribution in [-0.2, 0) is 19.2 Å². The minimum absolute atomic E-state index is 0.0128. The Kier molecular flexibility index (Phi) is 4.20. The van der Waals surface area contributed by atoms with Crippen molar-refractivity contribution in [3.8, 4) is 0 Å². The summed E-state index contributed by atoms with van der Waals surface area (Å²) >= 11 is 0. The molecule has 26 heavy (non-hydrogen) atoms. The lowest BCUT2D eigenvalue weighted by molar-refractivity contribution is -0.138. The van der Waals surface area contributed by atoms with Gasteiger partial charge in [-0.1, -0.05) is 12.2 Å². The van der Waals surface area contributed by atoms with E-state index < -0.39 is 28.2 Å². The fourth-order valence-corrected chi connectivity index (χ4v) is 6.30. The van der Waals surface area contributed by atoms with E-state index in [1.165, 1.54) is 13.8 Å². The van der Waals surface area contributed by atoms with Gasteiger partial charge in [-0.25, -0.2) is 9.59 Å². The zero-order valence-corrected chi connectivity index (χ0v) is 15.0. The van der Waals surface area contributed by atoms with Crippen LogP contribution in [0.25, 0.3) is 0 Å². The maximum atomic E-state index is 12.2. The van der Waals surface area contributed by atoms with Gasteiger partial charge in [-0.05, 0) is 57.8 Å². The summed E-state index contributed by atoms with van der Waals surface area (Å²) in [6.45, 7) is 2.98. The first kappa shape index (κ1) is 18.5. The summed E-state index contributed by atoms with van der Waals surface area (Å²) < 4.78 is 0. The van der Waals surface area contributed by atoms with Crippen LogP contribution in [0.15, 0.2) is 23.3 Å². The Hall–Kier alpha value is -2.24. The number of rotatable bonds is 6. The Balaban J connectivity index is 2.33. The van der Waals surface area contributed by atoms with Crippen molar-refractivity contribution in [3.05, 3.63) is 23.3 Å². The van der Waals surface area contributed by atoms with E-state index in [-0.39, 0.29) is 23.0 Å². The molecule has 0 saturated heterocycles. The van der Waals surface area contributed by atoms with Gasteiger partial charge in [0, 0.05) is 22.0 Å². The van der Waals surface area contributed by atoms with E-state index >= 15 is 0 Å². The summed E-state index contributed by atoms with van der Waals surface area (Å²) in [7, 11) is 0. The number of hydrogen-bond donors (Lipinski definition) is 2. The maximum absolute atomic E-state index is 12.2. The first-order valence-corrected chi connectivity index (χ1v) is 8.97. The molecule has 3 rings (SSSR count). The molecule has 3 aliphatic rings. The molecule has 140 valence electrons. The molecule has 0 aromatic heterocycles. The van der Waals surface area contributed by atoms with Gasteiger partial charge in [-0.2, -0.15) is 0 Å². The quantitative estimate of drug-likeness (QED) is 0.428. The smallest absolute Gasteiger partial charge is 0.330 e. The van der Waals surface area contributed by atoms with Crippen molar-refractivity contribution in [1.29, 1.82) is 0 Å². The molecule has 2 N–H and O–H groups in total. The molecule has 0 aromatic carbocycles. The Morgan fingerprint density at radius 3 is 2.04 bits per heavy atom. The molecule has 6 heteroatoms. The van der Waals surface area contributed by atoms with Gasteiger partial charge in [-0.15, -0.1) is 0 Å². The Labute approximate surface area is 152 Å². The van der Waals surface area contributed by atoms with E-state index in [0.29, 0.717) is 38.3 Å². The van der Waals surface area contributed by atoms with Crippen molar-refractivity contribution in [2.24, 2.45) is 28.1 Å². The van der Waals surface area contributed by atoms with Gasteiger partial charge in [-0.3, -0.25) is 0 Å². The normalized spacial score (nSPS) is 38.1. The third-order valence-electron chi connectivity index (χ3n) is 7.24. The molecule has 0 radical (unpaired) electrons. The van der Waals surface area contributed by atoms with Crippen LogP contribution in [0.1, 0.15) is 46.0 Å². The van der Waals surface area contributed by atoms with Crippen LogP contribution in [0.4, 0.5) is 0 Å². The SMILES string of the molecule is CC(=CC12CCC(C1)C1CCC(C=O)(C=O)C12C=C(C)C(=O)O)C(=O)O. The number of carboxylic acids is 2. The molecule has 6 nitrogen and oxygen atoms in total. The summed E-state index contributed by atoms with van der Waals surface area (Å²) in [5.74, 6) is -1.85. The predicted octanol–water partition coefficient (Wildman–Crippen LogP) is 2.63. The first-order valence-electron chi connectivity index (χ1n) is 8.97. The molecule has 4 unspecified atom stereocenters. The number of carboxylic acid groups (broad SMARTS) is 2.